The standard InChI is InChI=1S/C23H23FN8O3.C2HF3O2/c1-34-17-10-14(15(24)11-18(17)35-2)19(29-13-7-5-12(6-8-13)20(25)26)22-30-23(33)32(31-22)16-4-3-9-28-21(16)27;3-2(4,5)1(6)7/h3-11,19,29H,1-2H3,(H3,25,26)(H2,27,28)(H,30,31,33);(H,6,7). The highest BCUT2D eigenvalue weighted by molar-refractivity contribution is 5.95. The second-order valence-electron chi connectivity index (χ2n) is 8.23. The molecular weight excluding hydrogens is 568 g/mol. The number of aromatic amines is 1. The molecule has 222 valence electrons. The van der Waals surface area contributed by atoms with Crippen LogP contribution in [0.2, 0.25) is 0 Å². The third kappa shape index (κ3) is 7.12. The number of nitrogens with zero attached hydrogens (tertiary/aromatic N) is 3. The molecule has 0 fully saturated rings. The third-order valence-electron chi connectivity index (χ3n) is 5.52. The van der Waals surface area contributed by atoms with Crippen molar-refractivity contribution < 1.29 is 36.9 Å². The number of carbonyl (C=O) groups is 1. The summed E-state index contributed by atoms with van der Waals surface area (Å²) in [7, 11) is 2.84. The van der Waals surface area contributed by atoms with Gasteiger partial charge < -0.3 is 31.4 Å². The number of nitrogen functional groups attached to an aromatic ring is 2. The maximum atomic E-state index is 15.3. The number of aromatic nitrogens is 4. The van der Waals surface area contributed by atoms with E-state index in [4.69, 9.17) is 36.3 Å². The first-order valence-electron chi connectivity index (χ1n) is 11.6. The van der Waals surface area contributed by atoms with Crippen molar-refractivity contribution in [2.24, 2.45) is 5.73 Å². The van der Waals surface area contributed by atoms with Crippen molar-refractivity contribution in [2.45, 2.75) is 12.2 Å². The Labute approximate surface area is 234 Å². The molecule has 17 heteroatoms. The number of nitrogens with one attached hydrogen (secondary N) is 3. The summed E-state index contributed by atoms with van der Waals surface area (Å²) in [6, 6.07) is 11.6. The molecule has 2 aromatic heterocycles. The van der Waals surface area contributed by atoms with Gasteiger partial charge in [-0.05, 0) is 42.5 Å². The molecule has 4 rings (SSSR count). The van der Waals surface area contributed by atoms with Crippen molar-refractivity contribution in [3.63, 3.8) is 0 Å². The molecule has 2 aromatic carbocycles. The number of nitrogens with two attached hydrogens (primary N) is 2. The zero-order valence-electron chi connectivity index (χ0n) is 21.9. The highest BCUT2D eigenvalue weighted by Gasteiger charge is 2.38. The normalized spacial score (nSPS) is 11.6. The number of rotatable bonds is 8. The third-order valence-corrected chi connectivity index (χ3v) is 5.52. The molecule has 0 aliphatic rings. The second-order valence-corrected chi connectivity index (χ2v) is 8.23. The van der Waals surface area contributed by atoms with E-state index in [2.05, 4.69) is 20.4 Å². The van der Waals surface area contributed by atoms with Gasteiger partial charge in [-0.1, -0.05) is 0 Å². The van der Waals surface area contributed by atoms with Crippen LogP contribution >= 0.6 is 0 Å². The number of aliphatic carboxylic acids is 1. The van der Waals surface area contributed by atoms with E-state index in [1.165, 1.54) is 32.5 Å². The van der Waals surface area contributed by atoms with Gasteiger partial charge in [-0.2, -0.15) is 17.9 Å². The van der Waals surface area contributed by atoms with E-state index in [-0.39, 0.29) is 34.5 Å². The van der Waals surface area contributed by atoms with Crippen LogP contribution in [0.5, 0.6) is 11.5 Å². The Morgan fingerprint density at radius 2 is 1.74 bits per heavy atom. The molecule has 0 aliphatic carbocycles. The zero-order chi connectivity index (χ0) is 31.2. The van der Waals surface area contributed by atoms with Gasteiger partial charge in [0.05, 0.1) is 14.2 Å². The molecule has 0 radical (unpaired) electrons. The molecule has 4 aromatic rings. The van der Waals surface area contributed by atoms with Crippen LogP contribution in [0.1, 0.15) is 23.0 Å². The van der Waals surface area contributed by atoms with E-state index in [1.54, 1.807) is 36.4 Å². The highest BCUT2D eigenvalue weighted by Crippen LogP contribution is 2.35. The largest absolute Gasteiger partial charge is 0.493 e. The topological polar surface area (TPSA) is 207 Å². The molecule has 2 heterocycles. The summed E-state index contributed by atoms with van der Waals surface area (Å²) >= 11 is 0. The summed E-state index contributed by atoms with van der Waals surface area (Å²) in [4.78, 5) is 28.3. The van der Waals surface area contributed by atoms with Crippen molar-refractivity contribution in [3.8, 4) is 17.2 Å². The quantitative estimate of drug-likeness (QED) is 0.100. The van der Waals surface area contributed by atoms with Crippen molar-refractivity contribution >= 4 is 23.3 Å². The predicted molar refractivity (Wildman–Crippen MR) is 143 cm³/mol. The van der Waals surface area contributed by atoms with E-state index in [0.29, 0.717) is 17.0 Å². The Morgan fingerprint density at radius 1 is 1.14 bits per heavy atom. The van der Waals surface area contributed by atoms with Gasteiger partial charge in [0.15, 0.2) is 17.3 Å². The van der Waals surface area contributed by atoms with E-state index >= 15 is 4.39 Å². The lowest BCUT2D eigenvalue weighted by Crippen LogP contribution is -2.21. The molecule has 42 heavy (non-hydrogen) atoms. The molecule has 8 N–H and O–H groups in total. The van der Waals surface area contributed by atoms with Crippen LogP contribution in [0, 0.1) is 11.2 Å². The average Bonchev–Trinajstić information content (AvgIpc) is 3.32. The van der Waals surface area contributed by atoms with Gasteiger partial charge in [0.25, 0.3) is 0 Å². The van der Waals surface area contributed by atoms with E-state index in [9.17, 15) is 18.0 Å². The second kappa shape index (κ2) is 12.7. The fourth-order valence-electron chi connectivity index (χ4n) is 3.52. The maximum absolute atomic E-state index is 15.3. The van der Waals surface area contributed by atoms with Crippen LogP contribution in [-0.4, -0.2) is 57.1 Å². The number of anilines is 2. The minimum atomic E-state index is -5.08. The Hall–Kier alpha value is -5.61. The minimum absolute atomic E-state index is 0.0869. The number of pyridine rings is 1. The fourth-order valence-corrected chi connectivity index (χ4v) is 3.52. The molecule has 0 spiro atoms. The lowest BCUT2D eigenvalue weighted by molar-refractivity contribution is -0.192. The number of hydrogen-bond acceptors (Lipinski definition) is 9. The van der Waals surface area contributed by atoms with E-state index < -0.39 is 29.7 Å². The molecule has 1 unspecified atom stereocenters. The van der Waals surface area contributed by atoms with Gasteiger partial charge in [-0.15, -0.1) is 5.10 Å². The summed E-state index contributed by atoms with van der Waals surface area (Å²) in [5.41, 5.74) is 12.4. The Balaban J connectivity index is 0.000000616. The Bertz CT molecular complexity index is 1640. The monoisotopic (exact) mass is 592 g/mol. The Kier molecular flexibility index (Phi) is 9.36. The van der Waals surface area contributed by atoms with Crippen molar-refractivity contribution in [3.05, 3.63) is 88.0 Å². The molecule has 0 amide bonds. The first-order valence-corrected chi connectivity index (χ1v) is 11.6. The van der Waals surface area contributed by atoms with Gasteiger partial charge in [0.1, 0.15) is 29.2 Å². The number of halogens is 4. The first kappa shape index (κ1) is 30.9. The van der Waals surface area contributed by atoms with Crippen molar-refractivity contribution in [1.82, 2.24) is 19.7 Å². The first-order chi connectivity index (χ1) is 19.8. The number of alkyl halides is 3. The van der Waals surface area contributed by atoms with Gasteiger partial charge in [0.2, 0.25) is 0 Å². The van der Waals surface area contributed by atoms with Crippen LogP contribution < -0.4 is 31.9 Å². The Morgan fingerprint density at radius 3 is 2.26 bits per heavy atom. The molecule has 0 aliphatic heterocycles. The number of carboxylic acids is 1. The number of H-pyrrole nitrogens is 1. The zero-order valence-corrected chi connectivity index (χ0v) is 21.9. The van der Waals surface area contributed by atoms with Crippen LogP contribution in [0.25, 0.3) is 5.69 Å². The lowest BCUT2D eigenvalue weighted by Gasteiger charge is -2.20. The number of hydrogen-bond donors (Lipinski definition) is 6. The number of methoxy groups -OCH3 is 2. The summed E-state index contributed by atoms with van der Waals surface area (Å²) in [5, 5.41) is 22.2. The highest BCUT2D eigenvalue weighted by atomic mass is 19.4. The molecule has 1 atom stereocenters. The van der Waals surface area contributed by atoms with Crippen LogP contribution in [-0.2, 0) is 4.79 Å². The summed E-state index contributed by atoms with van der Waals surface area (Å²) < 4.78 is 58.6. The van der Waals surface area contributed by atoms with Gasteiger partial charge in [-0.3, -0.25) is 10.4 Å². The number of ether oxygens (including phenoxy) is 2. The van der Waals surface area contributed by atoms with Gasteiger partial charge in [0, 0.05) is 29.1 Å². The molecule has 0 bridgehead atoms. The number of amidine groups is 1. The maximum Gasteiger partial charge on any atom is 0.490 e. The van der Waals surface area contributed by atoms with Gasteiger partial charge in [-0.25, -0.2) is 19.0 Å². The lowest BCUT2D eigenvalue weighted by atomic mass is 10.0. The summed E-state index contributed by atoms with van der Waals surface area (Å²) in [5.74, 6) is -2.74. The van der Waals surface area contributed by atoms with Crippen molar-refractivity contribution in [2.75, 3.05) is 25.3 Å². The fraction of sp³-hybridized carbons (Fsp3) is 0.160. The van der Waals surface area contributed by atoms with Crippen molar-refractivity contribution in [1.29, 1.82) is 5.41 Å². The summed E-state index contributed by atoms with van der Waals surface area (Å²) in [6.07, 6.45) is -3.59. The summed E-state index contributed by atoms with van der Waals surface area (Å²) in [6.45, 7) is 0. The average molecular weight is 593 g/mol. The smallest absolute Gasteiger partial charge is 0.490 e. The van der Waals surface area contributed by atoms with Crippen LogP contribution in [0.3, 0.4) is 0 Å². The van der Waals surface area contributed by atoms with Gasteiger partial charge >= 0.3 is 17.8 Å². The van der Waals surface area contributed by atoms with Crippen LogP contribution in [0.15, 0.2) is 59.5 Å². The number of carboxylic acid groups (broad SMARTS) is 1. The molecule has 0 saturated carbocycles. The molecule has 0 saturated heterocycles. The minimum Gasteiger partial charge on any atom is -0.493 e. The molecular formula is C25H24F4N8O5. The van der Waals surface area contributed by atoms with Crippen LogP contribution in [0.4, 0.5) is 29.1 Å². The number of benzene rings is 2. The predicted octanol–water partition coefficient (Wildman–Crippen LogP) is 2.81. The van der Waals surface area contributed by atoms with E-state index in [1.807, 2.05) is 0 Å². The SMILES string of the molecule is COc1cc(F)c(C(Nc2ccc(C(=N)N)cc2)c2nn(-c3cccnc3N)c(=O)[nH]2)cc1OC.O=C(O)C(F)(F)F. The molecule has 13 nitrogen and oxygen atoms in total. The van der Waals surface area contributed by atoms with E-state index in [0.717, 1.165) is 4.68 Å².